The van der Waals surface area contributed by atoms with E-state index in [4.69, 9.17) is 4.74 Å². The molecule has 0 fully saturated rings. The van der Waals surface area contributed by atoms with Crippen molar-refractivity contribution in [2.75, 3.05) is 13.2 Å². The van der Waals surface area contributed by atoms with E-state index < -0.39 is 0 Å². The van der Waals surface area contributed by atoms with Gasteiger partial charge in [0, 0.05) is 0 Å². The van der Waals surface area contributed by atoms with Crippen LogP contribution in [-0.2, 0) is 9.53 Å². The monoisotopic (exact) mass is 342 g/mol. The summed E-state index contributed by atoms with van der Waals surface area (Å²) in [5.41, 5.74) is 0. The van der Waals surface area contributed by atoms with Crippen LogP contribution in [0.15, 0.2) is 0 Å². The number of unbranched alkanes of at least 4 members (excludes halogenated alkanes) is 13. The summed E-state index contributed by atoms with van der Waals surface area (Å²) in [5.74, 6) is -0.558. The van der Waals surface area contributed by atoms with E-state index in [0.717, 1.165) is 19.3 Å². The molecule has 1 atom stereocenters. The number of aliphatic hydroxyl groups is 1. The summed E-state index contributed by atoms with van der Waals surface area (Å²) in [4.78, 5) is 11.6. The van der Waals surface area contributed by atoms with Gasteiger partial charge in [0.2, 0.25) is 0 Å². The Balaban J connectivity index is 3.26. The fraction of sp³-hybridized carbons (Fsp3) is 0.952. The van der Waals surface area contributed by atoms with Crippen LogP contribution in [0.5, 0.6) is 0 Å². The van der Waals surface area contributed by atoms with E-state index in [9.17, 15) is 9.90 Å². The quantitative estimate of drug-likeness (QED) is 0.244. The van der Waals surface area contributed by atoms with Crippen molar-refractivity contribution in [3.8, 4) is 0 Å². The normalized spacial score (nSPS) is 12.3. The fourth-order valence-corrected chi connectivity index (χ4v) is 3.13. The molecule has 0 aliphatic rings. The molecule has 0 radical (unpaired) electrons. The summed E-state index contributed by atoms with van der Waals surface area (Å²) < 4.78 is 4.97. The van der Waals surface area contributed by atoms with Crippen molar-refractivity contribution in [1.29, 1.82) is 0 Å². The van der Waals surface area contributed by atoms with E-state index in [2.05, 4.69) is 6.92 Å². The first-order chi connectivity index (χ1) is 11.8. The number of ether oxygens (including phenoxy) is 1. The maximum atomic E-state index is 11.6. The number of aliphatic hydroxyl groups excluding tert-OH is 1. The molecule has 0 spiro atoms. The molecule has 3 nitrogen and oxygen atoms in total. The van der Waals surface area contributed by atoms with Gasteiger partial charge in [-0.15, -0.1) is 0 Å². The van der Waals surface area contributed by atoms with Gasteiger partial charge in [-0.25, -0.2) is 0 Å². The third-order valence-electron chi connectivity index (χ3n) is 4.75. The van der Waals surface area contributed by atoms with Gasteiger partial charge < -0.3 is 9.84 Å². The smallest absolute Gasteiger partial charge is 0.311 e. The van der Waals surface area contributed by atoms with Crippen LogP contribution in [0.3, 0.4) is 0 Å². The van der Waals surface area contributed by atoms with Gasteiger partial charge >= 0.3 is 5.97 Å². The second-order valence-corrected chi connectivity index (χ2v) is 7.02. The maximum absolute atomic E-state index is 11.6. The molecule has 0 saturated heterocycles. The first-order valence-electron chi connectivity index (χ1n) is 10.5. The Labute approximate surface area is 150 Å². The summed E-state index contributed by atoms with van der Waals surface area (Å²) in [5, 5.41) is 9.23. The number of rotatable bonds is 18. The minimum absolute atomic E-state index is 0.0860. The van der Waals surface area contributed by atoms with Crippen molar-refractivity contribution in [3.05, 3.63) is 0 Å². The zero-order valence-electron chi connectivity index (χ0n) is 16.4. The van der Waals surface area contributed by atoms with E-state index in [1.807, 2.05) is 0 Å². The minimum atomic E-state index is -0.317. The van der Waals surface area contributed by atoms with Gasteiger partial charge in [0.15, 0.2) is 0 Å². The van der Waals surface area contributed by atoms with E-state index in [1.54, 1.807) is 6.92 Å². The molecule has 0 rings (SSSR count). The Kier molecular flexibility index (Phi) is 18.3. The van der Waals surface area contributed by atoms with Crippen LogP contribution in [-0.4, -0.2) is 24.3 Å². The zero-order valence-corrected chi connectivity index (χ0v) is 16.4. The molecule has 0 bridgehead atoms. The van der Waals surface area contributed by atoms with Gasteiger partial charge in [-0.1, -0.05) is 96.8 Å². The van der Waals surface area contributed by atoms with Gasteiger partial charge in [-0.05, 0) is 13.3 Å². The van der Waals surface area contributed by atoms with Gasteiger partial charge in [-0.3, -0.25) is 4.79 Å². The molecule has 0 aromatic carbocycles. The maximum Gasteiger partial charge on any atom is 0.311 e. The lowest BCUT2D eigenvalue weighted by Gasteiger charge is -2.12. The number of hydrogen-bond donors (Lipinski definition) is 1. The Bertz CT molecular complexity index is 266. The molecule has 144 valence electrons. The van der Waals surface area contributed by atoms with Crippen molar-refractivity contribution < 1.29 is 14.6 Å². The molecular formula is C21H42O3. The van der Waals surface area contributed by atoms with Crippen molar-refractivity contribution in [3.63, 3.8) is 0 Å². The largest absolute Gasteiger partial charge is 0.466 e. The highest BCUT2D eigenvalue weighted by Crippen LogP contribution is 2.15. The zero-order chi connectivity index (χ0) is 17.9. The highest BCUT2D eigenvalue weighted by Gasteiger charge is 2.17. The molecular weight excluding hydrogens is 300 g/mol. The SMILES string of the molecule is CCCCCCCCCCCCCCCCC(CO)C(=O)OCC. The molecule has 0 aromatic heterocycles. The predicted octanol–water partition coefficient (Wildman–Crippen LogP) is 6.03. The summed E-state index contributed by atoms with van der Waals surface area (Å²) in [7, 11) is 0. The molecule has 0 heterocycles. The highest BCUT2D eigenvalue weighted by atomic mass is 16.5. The van der Waals surface area contributed by atoms with Gasteiger partial charge in [0.25, 0.3) is 0 Å². The van der Waals surface area contributed by atoms with Crippen LogP contribution in [0.2, 0.25) is 0 Å². The average molecular weight is 343 g/mol. The minimum Gasteiger partial charge on any atom is -0.466 e. The van der Waals surface area contributed by atoms with Crippen LogP contribution in [0.4, 0.5) is 0 Å². The van der Waals surface area contributed by atoms with E-state index in [1.165, 1.54) is 77.0 Å². The molecule has 0 aliphatic carbocycles. The molecule has 0 aliphatic heterocycles. The lowest BCUT2D eigenvalue weighted by atomic mass is 10.0. The lowest BCUT2D eigenvalue weighted by molar-refractivity contribution is -0.149. The van der Waals surface area contributed by atoms with Crippen molar-refractivity contribution >= 4 is 5.97 Å². The Morgan fingerprint density at radius 3 is 1.54 bits per heavy atom. The molecule has 0 aromatic rings. The summed E-state index contributed by atoms with van der Waals surface area (Å²) in [6.07, 6.45) is 19.4. The van der Waals surface area contributed by atoms with Gasteiger partial charge in [0.1, 0.15) is 0 Å². The third kappa shape index (κ3) is 15.0. The summed E-state index contributed by atoms with van der Waals surface area (Å²) >= 11 is 0. The molecule has 3 heteroatoms. The van der Waals surface area contributed by atoms with Gasteiger partial charge in [0.05, 0.1) is 19.1 Å². The summed E-state index contributed by atoms with van der Waals surface area (Å²) in [6.45, 7) is 4.38. The van der Waals surface area contributed by atoms with Crippen LogP contribution in [0, 0.1) is 5.92 Å². The fourth-order valence-electron chi connectivity index (χ4n) is 3.13. The lowest BCUT2D eigenvalue weighted by Crippen LogP contribution is -2.21. The topological polar surface area (TPSA) is 46.5 Å². The second kappa shape index (κ2) is 18.8. The van der Waals surface area contributed by atoms with Crippen LogP contribution < -0.4 is 0 Å². The van der Waals surface area contributed by atoms with E-state index in [-0.39, 0.29) is 18.5 Å². The Morgan fingerprint density at radius 1 is 0.750 bits per heavy atom. The van der Waals surface area contributed by atoms with Crippen LogP contribution in [0.1, 0.15) is 110 Å². The van der Waals surface area contributed by atoms with Crippen molar-refractivity contribution in [1.82, 2.24) is 0 Å². The number of hydrogen-bond acceptors (Lipinski definition) is 3. The molecule has 1 unspecified atom stereocenters. The van der Waals surface area contributed by atoms with Crippen molar-refractivity contribution in [2.24, 2.45) is 5.92 Å². The van der Waals surface area contributed by atoms with Crippen LogP contribution >= 0.6 is 0 Å². The van der Waals surface area contributed by atoms with Gasteiger partial charge in [-0.2, -0.15) is 0 Å². The Hall–Kier alpha value is -0.570. The predicted molar refractivity (Wildman–Crippen MR) is 102 cm³/mol. The average Bonchev–Trinajstić information content (AvgIpc) is 2.58. The number of carbonyl (C=O) groups is 1. The molecule has 0 amide bonds. The molecule has 0 saturated carbocycles. The Morgan fingerprint density at radius 2 is 1.17 bits per heavy atom. The standard InChI is InChI=1S/C21H42O3/c1-3-5-6-7-8-9-10-11-12-13-14-15-16-17-18-20(19-22)21(23)24-4-2/h20,22H,3-19H2,1-2H3. The summed E-state index contributed by atoms with van der Waals surface area (Å²) in [6, 6.07) is 0. The first-order valence-corrected chi connectivity index (χ1v) is 10.5. The van der Waals surface area contributed by atoms with Crippen molar-refractivity contribution in [2.45, 2.75) is 110 Å². The van der Waals surface area contributed by atoms with Crippen LogP contribution in [0.25, 0.3) is 0 Å². The molecule has 24 heavy (non-hydrogen) atoms. The number of carbonyl (C=O) groups excluding carboxylic acids is 1. The highest BCUT2D eigenvalue weighted by molar-refractivity contribution is 5.72. The van der Waals surface area contributed by atoms with E-state index >= 15 is 0 Å². The number of esters is 1. The second-order valence-electron chi connectivity index (χ2n) is 7.02. The third-order valence-corrected chi connectivity index (χ3v) is 4.75. The first kappa shape index (κ1) is 23.4. The molecule has 1 N–H and O–H groups in total. The van der Waals surface area contributed by atoms with E-state index in [0.29, 0.717) is 6.61 Å².